The molecule has 98 valence electrons. The Bertz CT molecular complexity index is 632. The van der Waals surface area contributed by atoms with Crippen LogP contribution in [0.2, 0.25) is 0 Å². The van der Waals surface area contributed by atoms with E-state index in [1.807, 2.05) is 6.07 Å². The van der Waals surface area contributed by atoms with Gasteiger partial charge in [0, 0.05) is 18.2 Å². The Hall–Kier alpha value is -1.84. The Balaban J connectivity index is 1.65. The molecule has 2 atom stereocenters. The van der Waals surface area contributed by atoms with Crippen LogP contribution >= 0.6 is 0 Å². The second-order valence-corrected chi connectivity index (χ2v) is 6.26. The van der Waals surface area contributed by atoms with Gasteiger partial charge in [0.25, 0.3) is 0 Å². The van der Waals surface area contributed by atoms with Crippen LogP contribution in [-0.2, 0) is 0 Å². The summed E-state index contributed by atoms with van der Waals surface area (Å²) in [6.45, 7) is 5.34. The number of hydrogen-bond acceptors (Lipinski definition) is 4. The molecular weight excluding hydrogens is 238 g/mol. The molecule has 0 radical (unpaired) electrons. The van der Waals surface area contributed by atoms with Crippen LogP contribution < -0.4 is 5.32 Å². The fourth-order valence-electron chi connectivity index (χ4n) is 2.94. The Kier molecular flexibility index (Phi) is 2.08. The van der Waals surface area contributed by atoms with Crippen molar-refractivity contribution in [2.45, 2.75) is 32.1 Å². The lowest BCUT2D eigenvalue weighted by Crippen LogP contribution is -2.04. The summed E-state index contributed by atoms with van der Waals surface area (Å²) in [6, 6.07) is 8.32. The molecule has 1 aliphatic carbocycles. The van der Waals surface area contributed by atoms with Crippen LogP contribution in [0, 0.1) is 5.41 Å². The highest BCUT2D eigenvalue weighted by atomic mass is 16.5. The van der Waals surface area contributed by atoms with Crippen molar-refractivity contribution in [3.63, 3.8) is 0 Å². The minimum absolute atomic E-state index is 0.194. The van der Waals surface area contributed by atoms with E-state index in [-0.39, 0.29) is 5.92 Å². The van der Waals surface area contributed by atoms with E-state index in [9.17, 15) is 0 Å². The predicted molar refractivity (Wildman–Crippen MR) is 72.2 cm³/mol. The maximum atomic E-state index is 5.50. The van der Waals surface area contributed by atoms with Gasteiger partial charge in [-0.1, -0.05) is 37.2 Å². The van der Waals surface area contributed by atoms with E-state index in [1.165, 1.54) is 11.3 Å². The lowest BCUT2D eigenvalue weighted by Gasteiger charge is -2.03. The van der Waals surface area contributed by atoms with Crippen LogP contribution in [-0.4, -0.2) is 16.7 Å². The van der Waals surface area contributed by atoms with Gasteiger partial charge in [-0.3, -0.25) is 0 Å². The monoisotopic (exact) mass is 255 g/mol. The second-order valence-electron chi connectivity index (χ2n) is 6.26. The average molecular weight is 255 g/mol. The number of para-hydroxylation sites is 1. The summed E-state index contributed by atoms with van der Waals surface area (Å²) >= 11 is 0. The Morgan fingerprint density at radius 1 is 1.32 bits per heavy atom. The van der Waals surface area contributed by atoms with E-state index >= 15 is 0 Å². The number of anilines is 1. The third-order valence-electron chi connectivity index (χ3n) is 4.41. The van der Waals surface area contributed by atoms with Gasteiger partial charge in [0.2, 0.25) is 5.89 Å². The average Bonchev–Trinajstić information content (AvgIpc) is 2.84. The van der Waals surface area contributed by atoms with Crippen molar-refractivity contribution in [1.29, 1.82) is 0 Å². The summed E-state index contributed by atoms with van der Waals surface area (Å²) in [5.41, 5.74) is 2.78. The highest BCUT2D eigenvalue weighted by molar-refractivity contribution is 5.59. The van der Waals surface area contributed by atoms with Gasteiger partial charge in [-0.15, -0.1) is 0 Å². The van der Waals surface area contributed by atoms with Crippen LogP contribution in [0.25, 0.3) is 0 Å². The van der Waals surface area contributed by atoms with Gasteiger partial charge in [0.05, 0.1) is 5.92 Å². The van der Waals surface area contributed by atoms with Crippen molar-refractivity contribution in [2.24, 2.45) is 5.41 Å². The first-order valence-corrected chi connectivity index (χ1v) is 6.81. The van der Waals surface area contributed by atoms with Gasteiger partial charge < -0.3 is 9.84 Å². The summed E-state index contributed by atoms with van der Waals surface area (Å²) in [7, 11) is 0. The predicted octanol–water partition coefficient (Wildman–Crippen LogP) is 3.14. The lowest BCUT2D eigenvalue weighted by molar-refractivity contribution is 0.364. The minimum Gasteiger partial charge on any atom is -0.384 e. The van der Waals surface area contributed by atoms with E-state index in [1.54, 1.807) is 0 Å². The zero-order valence-electron chi connectivity index (χ0n) is 11.2. The molecular formula is C15H17N3O. The number of rotatable bonds is 2. The molecule has 0 saturated heterocycles. The van der Waals surface area contributed by atoms with Gasteiger partial charge in [-0.05, 0) is 23.5 Å². The topological polar surface area (TPSA) is 51.0 Å². The number of nitrogens with zero attached hydrogens (tertiary/aromatic N) is 2. The van der Waals surface area contributed by atoms with Crippen LogP contribution in [0.3, 0.4) is 0 Å². The first kappa shape index (κ1) is 11.0. The number of fused-ring (bicyclic) bond motifs is 1. The van der Waals surface area contributed by atoms with Gasteiger partial charge in [0.1, 0.15) is 0 Å². The Morgan fingerprint density at radius 2 is 2.11 bits per heavy atom. The molecule has 0 spiro atoms. The Labute approximate surface area is 112 Å². The normalized spacial score (nSPS) is 26.8. The summed E-state index contributed by atoms with van der Waals surface area (Å²) in [6.07, 6.45) is 1.16. The largest absolute Gasteiger partial charge is 0.384 e. The first-order chi connectivity index (χ1) is 9.15. The molecule has 1 N–H and O–H groups in total. The molecule has 0 bridgehead atoms. The number of benzene rings is 1. The molecule has 1 fully saturated rings. The van der Waals surface area contributed by atoms with Crippen molar-refractivity contribution in [3.05, 3.63) is 41.5 Å². The van der Waals surface area contributed by atoms with Gasteiger partial charge >= 0.3 is 0 Å². The molecule has 2 aliphatic rings. The quantitative estimate of drug-likeness (QED) is 0.895. The first-order valence-electron chi connectivity index (χ1n) is 6.81. The van der Waals surface area contributed by atoms with Crippen LogP contribution in [0.4, 0.5) is 5.69 Å². The molecule has 4 rings (SSSR count). The third kappa shape index (κ3) is 1.66. The van der Waals surface area contributed by atoms with Gasteiger partial charge in [-0.25, -0.2) is 0 Å². The van der Waals surface area contributed by atoms with E-state index in [2.05, 4.69) is 47.5 Å². The molecule has 1 aliphatic heterocycles. The van der Waals surface area contributed by atoms with E-state index < -0.39 is 0 Å². The van der Waals surface area contributed by atoms with Crippen molar-refractivity contribution < 1.29 is 4.52 Å². The standard InChI is InChI=1S/C15H17N3O/c1-15(2)7-11(15)13-17-14(19-18-13)10-8-16-12-6-4-3-5-9(10)12/h3-6,10-11,16H,7-8H2,1-2H3. The van der Waals surface area contributed by atoms with Crippen LogP contribution in [0.15, 0.2) is 28.8 Å². The van der Waals surface area contributed by atoms with Gasteiger partial charge in [0.15, 0.2) is 5.82 Å². The van der Waals surface area contributed by atoms with Crippen molar-refractivity contribution >= 4 is 5.69 Å². The molecule has 19 heavy (non-hydrogen) atoms. The fourth-order valence-corrected chi connectivity index (χ4v) is 2.94. The van der Waals surface area contributed by atoms with Gasteiger partial charge in [-0.2, -0.15) is 4.98 Å². The highest BCUT2D eigenvalue weighted by Crippen LogP contribution is 2.57. The number of aromatic nitrogens is 2. The maximum Gasteiger partial charge on any atom is 0.236 e. The third-order valence-corrected chi connectivity index (χ3v) is 4.41. The minimum atomic E-state index is 0.194. The van der Waals surface area contributed by atoms with E-state index in [0.717, 1.165) is 24.7 Å². The number of nitrogens with one attached hydrogen (secondary N) is 1. The summed E-state index contributed by atoms with van der Waals surface area (Å²) in [5, 5.41) is 7.57. The zero-order chi connectivity index (χ0) is 13.0. The zero-order valence-corrected chi connectivity index (χ0v) is 11.2. The molecule has 0 amide bonds. The van der Waals surface area contributed by atoms with Crippen LogP contribution in [0.5, 0.6) is 0 Å². The van der Waals surface area contributed by atoms with Crippen molar-refractivity contribution in [3.8, 4) is 0 Å². The van der Waals surface area contributed by atoms with E-state index in [0.29, 0.717) is 11.3 Å². The van der Waals surface area contributed by atoms with Crippen molar-refractivity contribution in [2.75, 3.05) is 11.9 Å². The Morgan fingerprint density at radius 3 is 2.89 bits per heavy atom. The molecule has 1 saturated carbocycles. The van der Waals surface area contributed by atoms with E-state index in [4.69, 9.17) is 4.52 Å². The molecule has 2 aromatic rings. The molecule has 4 nitrogen and oxygen atoms in total. The number of hydrogen-bond donors (Lipinski definition) is 1. The molecule has 2 heterocycles. The molecule has 1 aromatic heterocycles. The SMILES string of the molecule is CC1(C)CC1c1noc(C2CNc3ccccc32)n1. The fraction of sp³-hybridized carbons (Fsp3) is 0.467. The summed E-state index contributed by atoms with van der Waals surface area (Å²) in [5.74, 6) is 2.29. The molecule has 2 unspecified atom stereocenters. The lowest BCUT2D eigenvalue weighted by atomic mass is 10.0. The highest BCUT2D eigenvalue weighted by Gasteiger charge is 2.49. The molecule has 4 heteroatoms. The smallest absolute Gasteiger partial charge is 0.236 e. The summed E-state index contributed by atoms with van der Waals surface area (Å²) in [4.78, 5) is 4.63. The summed E-state index contributed by atoms with van der Waals surface area (Å²) < 4.78 is 5.50. The van der Waals surface area contributed by atoms with Crippen LogP contribution in [0.1, 0.15) is 49.4 Å². The molecule has 1 aromatic carbocycles. The second kappa shape index (κ2) is 3.59. The van der Waals surface area contributed by atoms with Crippen molar-refractivity contribution in [1.82, 2.24) is 10.1 Å². The maximum absolute atomic E-state index is 5.50.